The number of aromatic amines is 1. The van der Waals surface area contributed by atoms with Crippen LogP contribution in [0.3, 0.4) is 0 Å². The Hall–Kier alpha value is -2.70. The number of para-hydroxylation sites is 1. The first-order chi connectivity index (χ1) is 14.9. The Balaban J connectivity index is 1.15. The van der Waals surface area contributed by atoms with E-state index in [4.69, 9.17) is 4.74 Å². The fraction of sp³-hybridized carbons (Fsp3) is 0.583. The number of rotatable bonds is 6. The summed E-state index contributed by atoms with van der Waals surface area (Å²) >= 11 is 0. The molecule has 0 spiro atoms. The first-order valence-electron chi connectivity index (χ1n) is 11.3. The SMILES string of the molecule is C[C@H](OC(=O)CNC(=O)CC12CC3CC(CC(C3)C1)C2)c1nc2ccccc2c(=O)[nH]1. The van der Waals surface area contributed by atoms with E-state index in [1.807, 2.05) is 0 Å². The lowest BCUT2D eigenvalue weighted by Gasteiger charge is -2.56. The molecule has 2 aromatic rings. The summed E-state index contributed by atoms with van der Waals surface area (Å²) in [6, 6.07) is 7.01. The number of aromatic nitrogens is 2. The van der Waals surface area contributed by atoms with Gasteiger partial charge in [0.05, 0.1) is 10.9 Å². The molecular formula is C24H29N3O4. The molecule has 0 radical (unpaired) electrons. The lowest BCUT2D eigenvalue weighted by molar-refractivity contribution is -0.149. The Kier molecular flexibility index (Phi) is 5.07. The summed E-state index contributed by atoms with van der Waals surface area (Å²) in [5.74, 6) is 2.06. The summed E-state index contributed by atoms with van der Waals surface area (Å²) in [7, 11) is 0. The van der Waals surface area contributed by atoms with Gasteiger partial charge in [0, 0.05) is 6.42 Å². The fourth-order valence-electron chi connectivity index (χ4n) is 6.67. The second-order valence-corrected chi connectivity index (χ2v) is 9.97. The van der Waals surface area contributed by atoms with Crippen LogP contribution in [0, 0.1) is 23.2 Å². The van der Waals surface area contributed by atoms with Crippen LogP contribution in [0.4, 0.5) is 0 Å². The van der Waals surface area contributed by atoms with Crippen LogP contribution in [0.25, 0.3) is 10.9 Å². The topological polar surface area (TPSA) is 101 Å². The number of fused-ring (bicyclic) bond motifs is 1. The zero-order valence-electron chi connectivity index (χ0n) is 17.9. The normalized spacial score (nSPS) is 29.6. The molecule has 4 saturated carbocycles. The first-order valence-corrected chi connectivity index (χ1v) is 11.3. The Morgan fingerprint density at radius 3 is 2.48 bits per heavy atom. The van der Waals surface area contributed by atoms with Crippen LogP contribution in [-0.2, 0) is 14.3 Å². The van der Waals surface area contributed by atoms with Crippen molar-refractivity contribution in [3.63, 3.8) is 0 Å². The quantitative estimate of drug-likeness (QED) is 0.695. The van der Waals surface area contributed by atoms with Crippen LogP contribution >= 0.6 is 0 Å². The molecule has 7 heteroatoms. The van der Waals surface area contributed by atoms with Crippen molar-refractivity contribution in [1.29, 1.82) is 0 Å². The summed E-state index contributed by atoms with van der Waals surface area (Å²) in [6.45, 7) is 1.48. The molecule has 4 aliphatic rings. The molecule has 7 nitrogen and oxygen atoms in total. The minimum Gasteiger partial charge on any atom is -0.453 e. The average Bonchev–Trinajstić information content (AvgIpc) is 2.71. The smallest absolute Gasteiger partial charge is 0.326 e. The maximum Gasteiger partial charge on any atom is 0.326 e. The van der Waals surface area contributed by atoms with E-state index in [1.54, 1.807) is 31.2 Å². The molecule has 1 aromatic heterocycles. The maximum absolute atomic E-state index is 12.6. The number of carbonyl (C=O) groups is 2. The molecule has 31 heavy (non-hydrogen) atoms. The molecule has 1 amide bonds. The molecule has 0 aliphatic heterocycles. The van der Waals surface area contributed by atoms with Gasteiger partial charge in [-0.1, -0.05) is 12.1 Å². The van der Waals surface area contributed by atoms with Crippen molar-refractivity contribution in [2.75, 3.05) is 6.54 Å². The minimum absolute atomic E-state index is 0.0659. The number of benzene rings is 1. The van der Waals surface area contributed by atoms with Crippen molar-refractivity contribution in [3.8, 4) is 0 Å². The second kappa shape index (κ2) is 7.77. The van der Waals surface area contributed by atoms with Gasteiger partial charge in [0.15, 0.2) is 11.9 Å². The van der Waals surface area contributed by atoms with Crippen LogP contribution in [0.2, 0.25) is 0 Å². The van der Waals surface area contributed by atoms with Gasteiger partial charge in [0.1, 0.15) is 6.54 Å². The Labute approximate surface area is 181 Å². The highest BCUT2D eigenvalue weighted by molar-refractivity contribution is 5.82. The molecule has 1 aromatic carbocycles. The lowest BCUT2D eigenvalue weighted by Crippen LogP contribution is -2.48. The van der Waals surface area contributed by atoms with Gasteiger partial charge in [-0.25, -0.2) is 4.98 Å². The third-order valence-corrected chi connectivity index (χ3v) is 7.45. The van der Waals surface area contributed by atoms with E-state index < -0.39 is 12.1 Å². The number of nitrogens with zero attached hydrogens (tertiary/aromatic N) is 1. The number of ether oxygens (including phenoxy) is 1. The largest absolute Gasteiger partial charge is 0.453 e. The number of carbonyl (C=O) groups excluding carboxylic acids is 2. The van der Waals surface area contributed by atoms with Crippen molar-refractivity contribution < 1.29 is 14.3 Å². The standard InChI is InChI=1S/C24H29N3O4/c1-14(22-26-19-5-3-2-4-18(19)23(30)27-22)31-21(29)13-25-20(28)12-24-9-15-6-16(10-24)8-17(7-15)11-24/h2-5,14-17H,6-13H2,1H3,(H,25,28)(H,26,27,30)/t14-,15?,16?,17?,24?/m0/s1. The third-order valence-electron chi connectivity index (χ3n) is 7.45. The monoisotopic (exact) mass is 423 g/mol. The summed E-state index contributed by atoms with van der Waals surface area (Å²) in [6.07, 6.45) is 7.31. The van der Waals surface area contributed by atoms with Gasteiger partial charge in [0.25, 0.3) is 5.56 Å². The van der Waals surface area contributed by atoms with Crippen molar-refractivity contribution in [2.24, 2.45) is 23.2 Å². The fourth-order valence-corrected chi connectivity index (χ4v) is 6.67. The van der Waals surface area contributed by atoms with Gasteiger partial charge in [-0.2, -0.15) is 0 Å². The summed E-state index contributed by atoms with van der Waals surface area (Å²) < 4.78 is 5.40. The number of nitrogens with one attached hydrogen (secondary N) is 2. The Morgan fingerprint density at radius 1 is 1.16 bits per heavy atom. The van der Waals surface area contributed by atoms with Crippen LogP contribution < -0.4 is 10.9 Å². The molecule has 4 fully saturated rings. The van der Waals surface area contributed by atoms with Gasteiger partial charge in [0.2, 0.25) is 5.91 Å². The zero-order valence-corrected chi connectivity index (χ0v) is 17.9. The summed E-state index contributed by atoms with van der Waals surface area (Å²) in [5, 5.41) is 3.24. The predicted molar refractivity (Wildman–Crippen MR) is 115 cm³/mol. The zero-order chi connectivity index (χ0) is 21.6. The highest BCUT2D eigenvalue weighted by Crippen LogP contribution is 2.61. The highest BCUT2D eigenvalue weighted by atomic mass is 16.5. The van der Waals surface area contributed by atoms with E-state index in [1.165, 1.54) is 19.3 Å². The molecule has 1 heterocycles. The van der Waals surface area contributed by atoms with E-state index in [0.717, 1.165) is 37.0 Å². The van der Waals surface area contributed by atoms with Crippen LogP contribution in [-0.4, -0.2) is 28.4 Å². The van der Waals surface area contributed by atoms with Gasteiger partial charge in [-0.15, -0.1) is 0 Å². The van der Waals surface area contributed by atoms with Crippen LogP contribution in [0.15, 0.2) is 29.1 Å². The molecular weight excluding hydrogens is 394 g/mol. The predicted octanol–water partition coefficient (Wildman–Crippen LogP) is 3.25. The molecule has 6 rings (SSSR count). The van der Waals surface area contributed by atoms with E-state index in [9.17, 15) is 14.4 Å². The number of H-pyrrole nitrogens is 1. The van der Waals surface area contributed by atoms with E-state index in [0.29, 0.717) is 17.3 Å². The molecule has 0 unspecified atom stereocenters. The first kappa shape index (κ1) is 20.2. The van der Waals surface area contributed by atoms with Crippen molar-refractivity contribution in [2.45, 2.75) is 58.0 Å². The van der Waals surface area contributed by atoms with Crippen molar-refractivity contribution in [1.82, 2.24) is 15.3 Å². The lowest BCUT2D eigenvalue weighted by atomic mass is 9.49. The van der Waals surface area contributed by atoms with Crippen LogP contribution in [0.5, 0.6) is 0 Å². The van der Waals surface area contributed by atoms with Gasteiger partial charge in [-0.05, 0) is 80.8 Å². The molecule has 2 N–H and O–H groups in total. The number of amides is 1. The van der Waals surface area contributed by atoms with E-state index >= 15 is 0 Å². The van der Waals surface area contributed by atoms with Gasteiger partial charge >= 0.3 is 5.97 Å². The van der Waals surface area contributed by atoms with E-state index in [2.05, 4.69) is 15.3 Å². The van der Waals surface area contributed by atoms with Crippen LogP contribution in [0.1, 0.15) is 63.8 Å². The number of hydrogen-bond acceptors (Lipinski definition) is 5. The summed E-state index contributed by atoms with van der Waals surface area (Å²) in [4.78, 5) is 44.2. The maximum atomic E-state index is 12.6. The molecule has 4 aliphatic carbocycles. The van der Waals surface area contributed by atoms with Gasteiger partial charge < -0.3 is 15.0 Å². The average molecular weight is 424 g/mol. The number of hydrogen-bond donors (Lipinski definition) is 2. The third kappa shape index (κ3) is 4.10. The minimum atomic E-state index is -0.718. The number of esters is 1. The van der Waals surface area contributed by atoms with E-state index in [-0.39, 0.29) is 29.3 Å². The molecule has 1 atom stereocenters. The highest BCUT2D eigenvalue weighted by Gasteiger charge is 2.51. The molecule has 0 saturated heterocycles. The van der Waals surface area contributed by atoms with Crippen molar-refractivity contribution in [3.05, 3.63) is 40.4 Å². The van der Waals surface area contributed by atoms with Crippen molar-refractivity contribution >= 4 is 22.8 Å². The Bertz CT molecular complexity index is 1040. The summed E-state index contributed by atoms with van der Waals surface area (Å²) in [5.41, 5.74) is 0.422. The molecule has 4 bridgehead atoms. The van der Waals surface area contributed by atoms with Gasteiger partial charge in [-0.3, -0.25) is 14.4 Å². The molecule has 164 valence electrons. The Morgan fingerprint density at radius 2 is 1.81 bits per heavy atom. The second-order valence-electron chi connectivity index (χ2n) is 9.97.